The average molecular weight is 291 g/mol. The fourth-order valence-corrected chi connectivity index (χ4v) is 5.38. The van der Waals surface area contributed by atoms with Crippen molar-refractivity contribution >= 4 is 19.9 Å². The SMILES string of the molecule is Cc1cccc2c1C[Si](C)(C)CN2C(=O)OC(C)(C)C. The molecule has 0 aromatic heterocycles. The van der Waals surface area contributed by atoms with Crippen LogP contribution in [0.25, 0.3) is 0 Å². The summed E-state index contributed by atoms with van der Waals surface area (Å²) in [4.78, 5) is 14.4. The van der Waals surface area contributed by atoms with Gasteiger partial charge in [-0.1, -0.05) is 25.2 Å². The van der Waals surface area contributed by atoms with Gasteiger partial charge in [0.25, 0.3) is 0 Å². The first-order chi connectivity index (χ1) is 9.09. The maximum Gasteiger partial charge on any atom is 0.414 e. The van der Waals surface area contributed by atoms with Crippen LogP contribution in [0.2, 0.25) is 13.1 Å². The Morgan fingerprint density at radius 2 is 1.95 bits per heavy atom. The third-order valence-electron chi connectivity index (χ3n) is 3.53. The van der Waals surface area contributed by atoms with E-state index in [2.05, 4.69) is 26.1 Å². The number of aryl methyl sites for hydroxylation is 1. The predicted octanol–water partition coefficient (Wildman–Crippen LogP) is 4.08. The van der Waals surface area contributed by atoms with Crippen molar-refractivity contribution in [3.05, 3.63) is 29.3 Å². The molecule has 110 valence electrons. The third-order valence-corrected chi connectivity index (χ3v) is 6.01. The maximum absolute atomic E-state index is 12.5. The summed E-state index contributed by atoms with van der Waals surface area (Å²) in [5, 5.41) is 0. The number of hydrogen-bond acceptors (Lipinski definition) is 2. The largest absolute Gasteiger partial charge is 0.443 e. The quantitative estimate of drug-likeness (QED) is 0.674. The minimum Gasteiger partial charge on any atom is -0.443 e. The van der Waals surface area contributed by atoms with E-state index in [0.717, 1.165) is 17.9 Å². The van der Waals surface area contributed by atoms with E-state index >= 15 is 0 Å². The number of nitrogens with zero attached hydrogens (tertiary/aromatic N) is 1. The topological polar surface area (TPSA) is 29.5 Å². The van der Waals surface area contributed by atoms with E-state index in [0.29, 0.717) is 0 Å². The summed E-state index contributed by atoms with van der Waals surface area (Å²) in [5.74, 6) is 0. The van der Waals surface area contributed by atoms with E-state index < -0.39 is 13.7 Å². The second-order valence-electron chi connectivity index (χ2n) is 7.48. The molecule has 0 unspecified atom stereocenters. The Morgan fingerprint density at radius 3 is 2.55 bits per heavy atom. The van der Waals surface area contributed by atoms with Crippen LogP contribution in [0.5, 0.6) is 0 Å². The predicted molar refractivity (Wildman–Crippen MR) is 85.9 cm³/mol. The summed E-state index contributed by atoms with van der Waals surface area (Å²) in [6.45, 7) is 12.5. The fourth-order valence-electron chi connectivity index (χ4n) is 2.70. The first kappa shape index (κ1) is 15.1. The molecule has 0 radical (unpaired) electrons. The Kier molecular flexibility index (Phi) is 3.71. The van der Waals surface area contributed by atoms with Gasteiger partial charge in [0, 0.05) is 11.9 Å². The van der Waals surface area contributed by atoms with Crippen molar-refractivity contribution in [1.82, 2.24) is 0 Å². The molecule has 1 aromatic rings. The molecule has 0 atom stereocenters. The Bertz CT molecular complexity index is 532. The zero-order valence-electron chi connectivity index (χ0n) is 13.4. The number of hydrogen-bond donors (Lipinski definition) is 0. The molecule has 20 heavy (non-hydrogen) atoms. The van der Waals surface area contributed by atoms with Gasteiger partial charge in [-0.3, -0.25) is 4.90 Å². The monoisotopic (exact) mass is 291 g/mol. The van der Waals surface area contributed by atoms with Crippen LogP contribution in [0.3, 0.4) is 0 Å². The number of anilines is 1. The summed E-state index contributed by atoms with van der Waals surface area (Å²) in [6, 6.07) is 7.32. The van der Waals surface area contributed by atoms with Gasteiger partial charge in [0.1, 0.15) is 5.60 Å². The van der Waals surface area contributed by atoms with Gasteiger partial charge < -0.3 is 4.74 Å². The van der Waals surface area contributed by atoms with E-state index in [-0.39, 0.29) is 6.09 Å². The lowest BCUT2D eigenvalue weighted by Crippen LogP contribution is -2.52. The van der Waals surface area contributed by atoms with Crippen LogP contribution in [0.1, 0.15) is 31.9 Å². The van der Waals surface area contributed by atoms with Gasteiger partial charge in [0.05, 0.1) is 8.07 Å². The molecule has 3 nitrogen and oxygen atoms in total. The second-order valence-corrected chi connectivity index (χ2v) is 12.5. The highest BCUT2D eigenvalue weighted by Crippen LogP contribution is 2.33. The Morgan fingerprint density at radius 1 is 1.30 bits per heavy atom. The molecule has 1 aromatic carbocycles. The molecule has 2 rings (SSSR count). The van der Waals surface area contributed by atoms with Crippen molar-refractivity contribution in [2.45, 2.75) is 52.4 Å². The number of benzene rings is 1. The van der Waals surface area contributed by atoms with Crippen LogP contribution in [0.4, 0.5) is 10.5 Å². The second kappa shape index (κ2) is 4.92. The van der Waals surface area contributed by atoms with Crippen LogP contribution in [-0.4, -0.2) is 25.9 Å². The summed E-state index contributed by atoms with van der Waals surface area (Å²) in [6.07, 6.45) is 0.614. The Balaban J connectivity index is 2.40. The Hall–Kier alpha value is -1.29. The van der Waals surface area contributed by atoms with Gasteiger partial charge in [0.2, 0.25) is 0 Å². The molecule has 0 saturated carbocycles. The van der Waals surface area contributed by atoms with Crippen molar-refractivity contribution in [3.8, 4) is 0 Å². The van der Waals surface area contributed by atoms with Crippen molar-refractivity contribution in [2.24, 2.45) is 0 Å². The van der Waals surface area contributed by atoms with Gasteiger partial charge in [-0.15, -0.1) is 0 Å². The molecule has 1 aliphatic heterocycles. The summed E-state index contributed by atoms with van der Waals surface area (Å²) in [5.41, 5.74) is 3.17. The van der Waals surface area contributed by atoms with Gasteiger partial charge in [-0.05, 0) is 50.9 Å². The van der Waals surface area contributed by atoms with Crippen LogP contribution in [-0.2, 0) is 10.8 Å². The van der Waals surface area contributed by atoms with Crippen molar-refractivity contribution in [2.75, 3.05) is 11.1 Å². The number of carbonyl (C=O) groups is 1. The molecule has 1 amide bonds. The van der Waals surface area contributed by atoms with E-state index in [1.165, 1.54) is 11.1 Å². The number of rotatable bonds is 0. The number of carbonyl (C=O) groups excluding carboxylic acids is 1. The van der Waals surface area contributed by atoms with E-state index in [1.807, 2.05) is 37.8 Å². The molecule has 4 heteroatoms. The van der Waals surface area contributed by atoms with Crippen LogP contribution in [0, 0.1) is 6.92 Å². The molecule has 0 fully saturated rings. The minimum absolute atomic E-state index is 0.218. The van der Waals surface area contributed by atoms with Crippen LogP contribution >= 0.6 is 0 Å². The van der Waals surface area contributed by atoms with Crippen LogP contribution in [0.15, 0.2) is 18.2 Å². The lowest BCUT2D eigenvalue weighted by Gasteiger charge is -2.39. The number of amides is 1. The van der Waals surface area contributed by atoms with Crippen LogP contribution < -0.4 is 4.90 Å². The first-order valence-electron chi connectivity index (χ1n) is 7.18. The van der Waals surface area contributed by atoms with Crippen molar-refractivity contribution < 1.29 is 9.53 Å². The highest BCUT2D eigenvalue weighted by atomic mass is 28.3. The molecule has 0 saturated heterocycles. The fraction of sp³-hybridized carbons (Fsp3) is 0.562. The number of ether oxygens (including phenoxy) is 1. The summed E-state index contributed by atoms with van der Waals surface area (Å²) >= 11 is 0. The highest BCUT2D eigenvalue weighted by molar-refractivity contribution is 6.78. The summed E-state index contributed by atoms with van der Waals surface area (Å²) in [7, 11) is -1.45. The van der Waals surface area contributed by atoms with Crippen molar-refractivity contribution in [1.29, 1.82) is 0 Å². The van der Waals surface area contributed by atoms with Gasteiger partial charge in [0.15, 0.2) is 0 Å². The molecule has 0 N–H and O–H groups in total. The maximum atomic E-state index is 12.5. The van der Waals surface area contributed by atoms with Gasteiger partial charge in [-0.2, -0.15) is 0 Å². The van der Waals surface area contributed by atoms with E-state index in [9.17, 15) is 4.79 Å². The van der Waals surface area contributed by atoms with E-state index in [4.69, 9.17) is 4.74 Å². The smallest absolute Gasteiger partial charge is 0.414 e. The van der Waals surface area contributed by atoms with Crippen molar-refractivity contribution in [3.63, 3.8) is 0 Å². The zero-order chi connectivity index (χ0) is 15.1. The van der Waals surface area contributed by atoms with Gasteiger partial charge >= 0.3 is 6.09 Å². The van der Waals surface area contributed by atoms with E-state index in [1.54, 1.807) is 0 Å². The summed E-state index contributed by atoms with van der Waals surface area (Å²) < 4.78 is 5.58. The first-order valence-corrected chi connectivity index (χ1v) is 10.6. The zero-order valence-corrected chi connectivity index (χ0v) is 14.4. The minimum atomic E-state index is -1.45. The molecular formula is C16H25NO2Si. The Labute approximate surface area is 122 Å². The molecule has 1 heterocycles. The lowest BCUT2D eigenvalue weighted by atomic mass is 10.1. The molecular weight excluding hydrogens is 266 g/mol. The third kappa shape index (κ3) is 3.23. The standard InChI is InChI=1S/C16H25NO2Si/c1-12-8-7-9-14-13(12)10-20(5,6)11-17(14)15(18)19-16(2,3)4/h7-9H,10-11H2,1-6H3. The lowest BCUT2D eigenvalue weighted by molar-refractivity contribution is 0.0584. The molecule has 0 bridgehead atoms. The molecule has 0 aliphatic carbocycles. The normalized spacial score (nSPS) is 17.6. The average Bonchev–Trinajstić information content (AvgIpc) is 2.26. The highest BCUT2D eigenvalue weighted by Gasteiger charge is 2.37. The van der Waals surface area contributed by atoms with Gasteiger partial charge in [-0.25, -0.2) is 4.79 Å². The number of fused-ring (bicyclic) bond motifs is 1. The molecule has 0 spiro atoms. The molecule has 1 aliphatic rings.